The first-order valence-electron chi connectivity index (χ1n) is 9.31. The van der Waals surface area contributed by atoms with Crippen molar-refractivity contribution in [3.63, 3.8) is 0 Å². The smallest absolute Gasteiger partial charge is 0.193 e. The Hall–Kier alpha value is -2.00. The summed E-state index contributed by atoms with van der Waals surface area (Å²) >= 11 is 0. The van der Waals surface area contributed by atoms with Gasteiger partial charge in [0.25, 0.3) is 0 Å². The van der Waals surface area contributed by atoms with Crippen LogP contribution in [-0.4, -0.2) is 0 Å². The monoisotopic (exact) mass is 344 g/mol. The minimum atomic E-state index is -0.00179. The molecule has 0 nitrogen and oxygen atoms in total. The molecule has 0 bridgehead atoms. The van der Waals surface area contributed by atoms with Crippen LogP contribution in [0, 0.1) is 6.08 Å². The first kappa shape index (κ1) is 19.8. The molecule has 0 saturated heterocycles. The van der Waals surface area contributed by atoms with Gasteiger partial charge in [-0.3, -0.25) is 0 Å². The molecule has 4 rings (SSSR count). The number of allylic oxidation sites excluding steroid dienone is 1. The van der Waals surface area contributed by atoms with Crippen LogP contribution in [-0.2, 0) is 10.8 Å². The zero-order chi connectivity index (χ0) is 18.4. The molecular formula is C26H25Li. The van der Waals surface area contributed by atoms with Crippen molar-refractivity contribution in [2.75, 3.05) is 0 Å². The van der Waals surface area contributed by atoms with Crippen LogP contribution in [0.3, 0.4) is 0 Å². The number of rotatable bonds is 2. The van der Waals surface area contributed by atoms with Gasteiger partial charge in [-0.25, -0.2) is 0 Å². The minimum Gasteiger partial charge on any atom is -0.193 e. The number of hydrogen-bond donors (Lipinski definition) is 0. The normalized spacial score (nSPS) is 16.4. The molecule has 3 aromatic carbocycles. The van der Waals surface area contributed by atoms with Gasteiger partial charge in [0, 0.05) is 10.8 Å². The van der Waals surface area contributed by atoms with Gasteiger partial charge >= 0.3 is 18.9 Å². The van der Waals surface area contributed by atoms with Gasteiger partial charge in [0.1, 0.15) is 0 Å². The van der Waals surface area contributed by atoms with Crippen LogP contribution < -0.4 is 18.9 Å². The van der Waals surface area contributed by atoms with E-state index in [2.05, 4.69) is 113 Å². The maximum atomic E-state index is 3.76. The average Bonchev–Trinajstić information content (AvgIpc) is 2.81. The van der Waals surface area contributed by atoms with E-state index in [4.69, 9.17) is 0 Å². The van der Waals surface area contributed by atoms with E-state index in [0.717, 1.165) is 5.56 Å². The summed E-state index contributed by atoms with van der Waals surface area (Å²) in [4.78, 5) is 0. The second kappa shape index (κ2) is 7.20. The Balaban J connectivity index is 0.00000210. The second-order valence-corrected chi connectivity index (χ2v) is 8.24. The number of benzene rings is 3. The van der Waals surface area contributed by atoms with Crippen molar-refractivity contribution in [3.8, 4) is 11.1 Å². The van der Waals surface area contributed by atoms with Crippen LogP contribution >= 0.6 is 0 Å². The Morgan fingerprint density at radius 1 is 0.556 bits per heavy atom. The van der Waals surface area contributed by atoms with Crippen LogP contribution in [0.1, 0.15) is 44.4 Å². The van der Waals surface area contributed by atoms with Gasteiger partial charge in [0.2, 0.25) is 0 Å². The van der Waals surface area contributed by atoms with E-state index < -0.39 is 0 Å². The Morgan fingerprint density at radius 2 is 1.00 bits per heavy atom. The summed E-state index contributed by atoms with van der Waals surface area (Å²) in [6.07, 6.45) is 3.76. The molecule has 0 amide bonds. The Kier molecular flexibility index (Phi) is 5.26. The number of hydrogen-bond acceptors (Lipinski definition) is 0. The predicted molar refractivity (Wildman–Crippen MR) is 110 cm³/mol. The third-order valence-corrected chi connectivity index (χ3v) is 5.79. The second-order valence-electron chi connectivity index (χ2n) is 8.24. The first-order valence-corrected chi connectivity index (χ1v) is 9.31. The maximum absolute atomic E-state index is 3.76. The molecule has 0 radical (unpaired) electrons. The van der Waals surface area contributed by atoms with Crippen LogP contribution in [0.25, 0.3) is 11.1 Å². The van der Waals surface area contributed by atoms with Gasteiger partial charge < -0.3 is 0 Å². The van der Waals surface area contributed by atoms with Crippen molar-refractivity contribution in [2.24, 2.45) is 0 Å². The van der Waals surface area contributed by atoms with Gasteiger partial charge in [0.15, 0.2) is 0 Å². The van der Waals surface area contributed by atoms with Gasteiger partial charge in [0.05, 0.1) is 0 Å². The van der Waals surface area contributed by atoms with Crippen molar-refractivity contribution in [1.82, 2.24) is 0 Å². The van der Waals surface area contributed by atoms with Crippen molar-refractivity contribution in [3.05, 3.63) is 107 Å². The van der Waals surface area contributed by atoms with E-state index in [1.54, 1.807) is 0 Å². The zero-order valence-corrected chi connectivity index (χ0v) is 17.0. The summed E-state index contributed by atoms with van der Waals surface area (Å²) in [6.45, 7) is 9.28. The fourth-order valence-electron chi connectivity index (χ4n) is 4.46. The Labute approximate surface area is 175 Å². The SMILES string of the molecule is CC1(C)C(=[C-]c2ccc(-c3ccccc3)cc2)C(C)(C)c2ccccc21.[Li+]. The number of fused-ring (bicyclic) bond motifs is 1. The standard InChI is InChI=1S/C26H25.Li/c1-25(2)22-12-8-9-13-23(22)26(3,4)24(25)18-19-14-16-21(17-15-19)20-10-6-5-7-11-20;/h5-17H,1-4H3;/q-1;+1. The van der Waals surface area contributed by atoms with Crippen molar-refractivity contribution >= 4 is 0 Å². The third kappa shape index (κ3) is 3.34. The molecule has 0 aromatic heterocycles. The van der Waals surface area contributed by atoms with Crippen LogP contribution in [0.4, 0.5) is 0 Å². The molecule has 0 fully saturated rings. The molecule has 1 heteroatoms. The maximum Gasteiger partial charge on any atom is 1.00 e. The summed E-state index contributed by atoms with van der Waals surface area (Å²) in [5.74, 6) is 0. The molecule has 3 aromatic rings. The summed E-state index contributed by atoms with van der Waals surface area (Å²) < 4.78 is 0. The molecule has 0 saturated carbocycles. The summed E-state index contributed by atoms with van der Waals surface area (Å²) in [6, 6.07) is 28.1. The third-order valence-electron chi connectivity index (χ3n) is 5.79. The molecule has 0 spiro atoms. The van der Waals surface area contributed by atoms with E-state index in [9.17, 15) is 0 Å². The van der Waals surface area contributed by atoms with Crippen molar-refractivity contribution < 1.29 is 18.9 Å². The zero-order valence-electron chi connectivity index (χ0n) is 17.0. The molecule has 1 aliphatic carbocycles. The summed E-state index contributed by atoms with van der Waals surface area (Å²) in [5.41, 5.74) is 7.85. The van der Waals surface area contributed by atoms with E-state index >= 15 is 0 Å². The van der Waals surface area contributed by atoms with Crippen molar-refractivity contribution in [2.45, 2.75) is 38.5 Å². The van der Waals surface area contributed by atoms with Crippen molar-refractivity contribution in [1.29, 1.82) is 0 Å². The molecule has 0 N–H and O–H groups in total. The van der Waals surface area contributed by atoms with E-state index in [1.807, 2.05) is 0 Å². The fraction of sp³-hybridized carbons (Fsp3) is 0.231. The van der Waals surface area contributed by atoms with Gasteiger partial charge in [-0.2, -0.15) is 23.8 Å². The van der Waals surface area contributed by atoms with Gasteiger partial charge in [-0.15, -0.1) is 17.7 Å². The summed E-state index contributed by atoms with van der Waals surface area (Å²) in [5, 5.41) is 0. The predicted octanol–water partition coefficient (Wildman–Crippen LogP) is 3.70. The molecule has 27 heavy (non-hydrogen) atoms. The molecule has 1 aliphatic rings. The van der Waals surface area contributed by atoms with Crippen LogP contribution in [0.5, 0.6) is 0 Å². The molecular weight excluding hydrogens is 319 g/mol. The van der Waals surface area contributed by atoms with Crippen LogP contribution in [0.2, 0.25) is 0 Å². The molecule has 0 heterocycles. The fourth-order valence-corrected chi connectivity index (χ4v) is 4.46. The van der Waals surface area contributed by atoms with Gasteiger partial charge in [-0.05, 0) is 22.3 Å². The van der Waals surface area contributed by atoms with E-state index in [1.165, 1.54) is 27.8 Å². The quantitative estimate of drug-likeness (QED) is 0.491. The topological polar surface area (TPSA) is 0 Å². The van der Waals surface area contributed by atoms with E-state index in [0.29, 0.717) is 0 Å². The molecule has 0 aliphatic heterocycles. The molecule has 0 unspecified atom stereocenters. The minimum absolute atomic E-state index is 0. The molecule has 0 atom stereocenters. The summed E-state index contributed by atoms with van der Waals surface area (Å²) in [7, 11) is 0. The Morgan fingerprint density at radius 3 is 1.52 bits per heavy atom. The van der Waals surface area contributed by atoms with E-state index in [-0.39, 0.29) is 29.7 Å². The average molecular weight is 344 g/mol. The largest absolute Gasteiger partial charge is 1.00 e. The van der Waals surface area contributed by atoms with Crippen LogP contribution in [0.15, 0.2) is 84.4 Å². The first-order chi connectivity index (χ1) is 12.4. The molecule has 130 valence electrons. The Bertz CT molecular complexity index is 924. The van der Waals surface area contributed by atoms with Gasteiger partial charge in [-0.1, -0.05) is 82.3 Å².